The van der Waals surface area contributed by atoms with Gasteiger partial charge in [-0.1, -0.05) is 54.6 Å². The maximum atomic E-state index is 4.46. The molecule has 0 amide bonds. The van der Waals surface area contributed by atoms with Crippen molar-refractivity contribution < 1.29 is 0 Å². The molecular weight excluding hydrogens is 230 g/mol. The van der Waals surface area contributed by atoms with Crippen molar-refractivity contribution in [3.05, 3.63) is 78.5 Å². The number of aryl methyl sites for hydroxylation is 1. The Balaban J connectivity index is 2.09. The standard InChI is InChI=1S/C18H15N/c1-14-7-5-6-10-17(14)16-11-12-19-18(13-16)15-8-3-2-4-9-15/h2-13H,1H3. The van der Waals surface area contributed by atoms with Crippen LogP contribution in [0.5, 0.6) is 0 Å². The van der Waals surface area contributed by atoms with Crippen LogP contribution in [-0.4, -0.2) is 4.98 Å². The van der Waals surface area contributed by atoms with Gasteiger partial charge >= 0.3 is 0 Å². The maximum Gasteiger partial charge on any atom is 0.0708 e. The Morgan fingerprint density at radius 1 is 0.737 bits per heavy atom. The third-order valence-corrected chi connectivity index (χ3v) is 3.29. The zero-order valence-electron chi connectivity index (χ0n) is 10.9. The lowest BCUT2D eigenvalue weighted by molar-refractivity contribution is 1.32. The Hall–Kier alpha value is -2.41. The molecule has 0 N–H and O–H groups in total. The molecule has 3 aromatic rings. The summed E-state index contributed by atoms with van der Waals surface area (Å²) in [6.45, 7) is 2.14. The quantitative estimate of drug-likeness (QED) is 0.636. The van der Waals surface area contributed by atoms with Crippen molar-refractivity contribution in [2.45, 2.75) is 6.92 Å². The summed E-state index contributed by atoms with van der Waals surface area (Å²) < 4.78 is 0. The number of hydrogen-bond donors (Lipinski definition) is 0. The molecule has 0 fully saturated rings. The van der Waals surface area contributed by atoms with Gasteiger partial charge in [0.05, 0.1) is 5.69 Å². The van der Waals surface area contributed by atoms with Crippen molar-refractivity contribution >= 4 is 0 Å². The van der Waals surface area contributed by atoms with Gasteiger partial charge in [-0.2, -0.15) is 0 Å². The lowest BCUT2D eigenvalue weighted by atomic mass is 10.00. The summed E-state index contributed by atoms with van der Waals surface area (Å²) in [5, 5.41) is 0. The van der Waals surface area contributed by atoms with Crippen LogP contribution < -0.4 is 0 Å². The van der Waals surface area contributed by atoms with Crippen LogP contribution in [-0.2, 0) is 0 Å². The van der Waals surface area contributed by atoms with Gasteiger partial charge in [0.2, 0.25) is 0 Å². The molecule has 0 aliphatic heterocycles. The van der Waals surface area contributed by atoms with Crippen molar-refractivity contribution in [2.24, 2.45) is 0 Å². The molecule has 0 aliphatic carbocycles. The fourth-order valence-corrected chi connectivity index (χ4v) is 2.26. The molecule has 0 bridgehead atoms. The molecule has 0 saturated heterocycles. The minimum absolute atomic E-state index is 1.02. The average molecular weight is 245 g/mol. The van der Waals surface area contributed by atoms with Gasteiger partial charge in [0.25, 0.3) is 0 Å². The third-order valence-electron chi connectivity index (χ3n) is 3.29. The Labute approximate surface area is 113 Å². The topological polar surface area (TPSA) is 12.9 Å². The predicted octanol–water partition coefficient (Wildman–Crippen LogP) is 4.72. The number of nitrogens with zero attached hydrogens (tertiary/aromatic N) is 1. The van der Waals surface area contributed by atoms with E-state index in [1.165, 1.54) is 16.7 Å². The number of hydrogen-bond acceptors (Lipinski definition) is 1. The lowest BCUT2D eigenvalue weighted by Gasteiger charge is -2.07. The van der Waals surface area contributed by atoms with E-state index in [-0.39, 0.29) is 0 Å². The molecule has 1 heteroatoms. The molecule has 1 heterocycles. The highest BCUT2D eigenvalue weighted by Crippen LogP contribution is 2.26. The minimum Gasteiger partial charge on any atom is -0.256 e. The van der Waals surface area contributed by atoms with E-state index in [2.05, 4.69) is 60.4 Å². The van der Waals surface area contributed by atoms with Crippen molar-refractivity contribution in [1.29, 1.82) is 0 Å². The first kappa shape index (κ1) is 11.7. The molecule has 0 atom stereocenters. The number of rotatable bonds is 2. The molecule has 0 spiro atoms. The second kappa shape index (κ2) is 5.07. The smallest absolute Gasteiger partial charge is 0.0708 e. The first-order chi connectivity index (χ1) is 9.34. The molecule has 0 aliphatic rings. The Kier molecular flexibility index (Phi) is 3.11. The van der Waals surface area contributed by atoms with Crippen LogP contribution in [0.3, 0.4) is 0 Å². The van der Waals surface area contributed by atoms with E-state index in [9.17, 15) is 0 Å². The second-order valence-electron chi connectivity index (χ2n) is 4.61. The van der Waals surface area contributed by atoms with Gasteiger partial charge in [0.15, 0.2) is 0 Å². The SMILES string of the molecule is Cc1ccccc1-c1ccnc(-c2ccccc2)c1. The van der Waals surface area contributed by atoms with E-state index in [1.807, 2.05) is 24.4 Å². The molecule has 2 aromatic carbocycles. The summed E-state index contributed by atoms with van der Waals surface area (Å²) in [5.74, 6) is 0. The maximum absolute atomic E-state index is 4.46. The van der Waals surface area contributed by atoms with Crippen LogP contribution >= 0.6 is 0 Å². The highest BCUT2D eigenvalue weighted by atomic mass is 14.7. The zero-order chi connectivity index (χ0) is 13.1. The molecule has 92 valence electrons. The van der Waals surface area contributed by atoms with Crippen LogP contribution in [0, 0.1) is 6.92 Å². The number of benzene rings is 2. The van der Waals surface area contributed by atoms with E-state index >= 15 is 0 Å². The van der Waals surface area contributed by atoms with Crippen molar-refractivity contribution in [3.8, 4) is 22.4 Å². The van der Waals surface area contributed by atoms with Gasteiger partial charge in [0.1, 0.15) is 0 Å². The van der Waals surface area contributed by atoms with Gasteiger partial charge < -0.3 is 0 Å². The van der Waals surface area contributed by atoms with Gasteiger partial charge in [-0.15, -0.1) is 0 Å². The fraction of sp³-hybridized carbons (Fsp3) is 0.0556. The number of pyridine rings is 1. The van der Waals surface area contributed by atoms with E-state index < -0.39 is 0 Å². The molecular formula is C18H15N. The summed E-state index contributed by atoms with van der Waals surface area (Å²) >= 11 is 0. The molecule has 0 radical (unpaired) electrons. The minimum atomic E-state index is 1.02. The van der Waals surface area contributed by atoms with Crippen LogP contribution in [0.25, 0.3) is 22.4 Å². The third kappa shape index (κ3) is 2.41. The zero-order valence-corrected chi connectivity index (χ0v) is 10.9. The van der Waals surface area contributed by atoms with Crippen LogP contribution in [0.1, 0.15) is 5.56 Å². The first-order valence-corrected chi connectivity index (χ1v) is 6.42. The first-order valence-electron chi connectivity index (χ1n) is 6.42. The van der Waals surface area contributed by atoms with Crippen molar-refractivity contribution in [2.75, 3.05) is 0 Å². The summed E-state index contributed by atoms with van der Waals surface area (Å²) in [6, 6.07) is 22.9. The van der Waals surface area contributed by atoms with E-state index in [0.29, 0.717) is 0 Å². The Bertz CT molecular complexity index is 687. The number of aromatic nitrogens is 1. The summed E-state index contributed by atoms with van der Waals surface area (Å²) in [5.41, 5.74) is 5.93. The molecule has 0 unspecified atom stereocenters. The normalized spacial score (nSPS) is 10.4. The average Bonchev–Trinajstić information content (AvgIpc) is 2.49. The monoisotopic (exact) mass is 245 g/mol. The Morgan fingerprint density at radius 3 is 2.26 bits per heavy atom. The van der Waals surface area contributed by atoms with Crippen LogP contribution in [0.4, 0.5) is 0 Å². The lowest BCUT2D eigenvalue weighted by Crippen LogP contribution is -1.87. The van der Waals surface area contributed by atoms with Crippen molar-refractivity contribution in [3.63, 3.8) is 0 Å². The van der Waals surface area contributed by atoms with Crippen molar-refractivity contribution in [1.82, 2.24) is 4.98 Å². The van der Waals surface area contributed by atoms with Crippen LogP contribution in [0.15, 0.2) is 72.9 Å². The molecule has 1 nitrogen and oxygen atoms in total. The largest absolute Gasteiger partial charge is 0.256 e. The van der Waals surface area contributed by atoms with E-state index in [1.54, 1.807) is 0 Å². The molecule has 1 aromatic heterocycles. The summed E-state index contributed by atoms with van der Waals surface area (Å²) in [4.78, 5) is 4.46. The van der Waals surface area contributed by atoms with Gasteiger partial charge in [-0.25, -0.2) is 0 Å². The molecule has 3 rings (SSSR count). The van der Waals surface area contributed by atoms with E-state index in [4.69, 9.17) is 0 Å². The van der Waals surface area contributed by atoms with E-state index in [0.717, 1.165) is 11.3 Å². The molecule has 0 saturated carbocycles. The van der Waals surface area contributed by atoms with Crippen LogP contribution in [0.2, 0.25) is 0 Å². The summed E-state index contributed by atoms with van der Waals surface area (Å²) in [6.07, 6.45) is 1.88. The fourth-order valence-electron chi connectivity index (χ4n) is 2.26. The molecule has 19 heavy (non-hydrogen) atoms. The van der Waals surface area contributed by atoms with Gasteiger partial charge in [0, 0.05) is 11.8 Å². The highest BCUT2D eigenvalue weighted by Gasteiger charge is 2.04. The highest BCUT2D eigenvalue weighted by molar-refractivity contribution is 5.72. The van der Waals surface area contributed by atoms with Gasteiger partial charge in [-0.05, 0) is 35.7 Å². The predicted molar refractivity (Wildman–Crippen MR) is 79.8 cm³/mol. The van der Waals surface area contributed by atoms with Gasteiger partial charge in [-0.3, -0.25) is 4.98 Å². The summed E-state index contributed by atoms with van der Waals surface area (Å²) in [7, 11) is 0. The second-order valence-corrected chi connectivity index (χ2v) is 4.61. The Morgan fingerprint density at radius 2 is 1.47 bits per heavy atom.